The number of carbonyl (C=O) groups excluding carboxylic acids is 1. The molecule has 222 valence electrons. The Hall–Kier alpha value is -4.66. The van der Waals surface area contributed by atoms with E-state index in [0.29, 0.717) is 12.2 Å². The van der Waals surface area contributed by atoms with Crippen molar-refractivity contribution < 1.29 is 9.63 Å². The monoisotopic (exact) mass is 621 g/mol. The van der Waals surface area contributed by atoms with Crippen LogP contribution in [-0.4, -0.2) is 45.3 Å². The van der Waals surface area contributed by atoms with Gasteiger partial charge in [-0.3, -0.25) is 9.78 Å². The van der Waals surface area contributed by atoms with Gasteiger partial charge in [0.1, 0.15) is 12.3 Å². The van der Waals surface area contributed by atoms with Crippen molar-refractivity contribution in [3.8, 4) is 5.69 Å². The summed E-state index contributed by atoms with van der Waals surface area (Å²) < 4.78 is 0.953. The molecule has 0 aliphatic rings. The molecule has 2 aromatic heterocycles. The smallest absolute Gasteiger partial charge is 0.277 e. The van der Waals surface area contributed by atoms with Crippen LogP contribution in [0.3, 0.4) is 0 Å². The molecule has 0 aliphatic heterocycles. The molecule has 0 atom stereocenters. The maximum absolute atomic E-state index is 14.3. The van der Waals surface area contributed by atoms with E-state index in [-0.39, 0.29) is 29.1 Å². The van der Waals surface area contributed by atoms with E-state index in [0.717, 1.165) is 22.4 Å². The molecule has 0 saturated heterocycles. The van der Waals surface area contributed by atoms with Gasteiger partial charge >= 0.3 is 0 Å². The first-order chi connectivity index (χ1) is 21.6. The van der Waals surface area contributed by atoms with Crippen LogP contribution >= 0.6 is 23.4 Å². The second-order valence-corrected chi connectivity index (χ2v) is 11.2. The summed E-state index contributed by atoms with van der Waals surface area (Å²) in [5.41, 5.74) is 4.65. The summed E-state index contributed by atoms with van der Waals surface area (Å²) in [6.45, 7) is 6.10. The average molecular weight is 622 g/mol. The van der Waals surface area contributed by atoms with Gasteiger partial charge in [-0.1, -0.05) is 120 Å². The number of anilines is 1. The number of oxime groups is 1. The number of pyridine rings is 1. The highest BCUT2D eigenvalue weighted by atomic mass is 35.5. The van der Waals surface area contributed by atoms with E-state index in [4.69, 9.17) is 16.4 Å². The van der Waals surface area contributed by atoms with Crippen LogP contribution in [0.15, 0.2) is 140 Å². The summed E-state index contributed by atoms with van der Waals surface area (Å²) in [5, 5.41) is 8.96. The van der Waals surface area contributed by atoms with E-state index in [2.05, 4.69) is 58.2 Å². The molecule has 5 aromatic rings. The fraction of sp³-hybridized carbons (Fsp3) is 0.143. The molecule has 0 N–H and O–H groups in total. The first-order valence-electron chi connectivity index (χ1n) is 14.2. The zero-order valence-corrected chi connectivity index (χ0v) is 25.9. The molecule has 7 nitrogen and oxygen atoms in total. The highest BCUT2D eigenvalue weighted by Gasteiger charge is 2.38. The van der Waals surface area contributed by atoms with Crippen molar-refractivity contribution in [2.45, 2.75) is 11.7 Å². The van der Waals surface area contributed by atoms with Crippen molar-refractivity contribution in [3.05, 3.63) is 156 Å². The van der Waals surface area contributed by atoms with Crippen molar-refractivity contribution in [2.75, 3.05) is 23.8 Å². The summed E-state index contributed by atoms with van der Waals surface area (Å²) in [7, 11) is 0. The molecule has 0 bridgehead atoms. The number of amides is 1. The van der Waals surface area contributed by atoms with Crippen molar-refractivity contribution >= 4 is 40.7 Å². The van der Waals surface area contributed by atoms with E-state index in [1.54, 1.807) is 46.0 Å². The fourth-order valence-corrected chi connectivity index (χ4v) is 6.64. The van der Waals surface area contributed by atoms with Gasteiger partial charge in [-0.2, -0.15) is 5.10 Å². The molecule has 0 saturated carbocycles. The van der Waals surface area contributed by atoms with E-state index >= 15 is 0 Å². The van der Waals surface area contributed by atoms with Crippen LogP contribution in [0.1, 0.15) is 23.6 Å². The molecule has 0 fully saturated rings. The molecular weight excluding hydrogens is 590 g/mol. The number of hydrogen-bond donors (Lipinski definition) is 0. The van der Waals surface area contributed by atoms with Gasteiger partial charge in [-0.25, -0.2) is 4.68 Å². The Morgan fingerprint density at radius 3 is 2.07 bits per heavy atom. The zero-order valence-electron chi connectivity index (χ0n) is 24.3. The predicted octanol–water partition coefficient (Wildman–Crippen LogP) is 7.56. The summed E-state index contributed by atoms with van der Waals surface area (Å²) in [4.78, 5) is 25.5. The number of nitrogens with zero attached hydrogens (tertiary/aromatic N) is 5. The Bertz CT molecular complexity index is 1600. The van der Waals surface area contributed by atoms with Crippen LogP contribution in [0.5, 0.6) is 0 Å². The lowest BCUT2D eigenvalue weighted by Gasteiger charge is -2.35. The molecule has 0 radical (unpaired) electrons. The number of thioether (sulfide) groups is 1. The lowest BCUT2D eigenvalue weighted by atomic mass is 9.84. The lowest BCUT2D eigenvalue weighted by Crippen LogP contribution is -2.39. The molecule has 1 amide bonds. The van der Waals surface area contributed by atoms with E-state index < -0.39 is 4.75 Å². The Balaban J connectivity index is 1.55. The van der Waals surface area contributed by atoms with Gasteiger partial charge in [0.25, 0.3) is 5.91 Å². The third kappa shape index (κ3) is 6.61. The second-order valence-electron chi connectivity index (χ2n) is 9.70. The van der Waals surface area contributed by atoms with Gasteiger partial charge in [0.15, 0.2) is 10.9 Å². The van der Waals surface area contributed by atoms with E-state index in [1.807, 2.05) is 73.7 Å². The molecule has 0 unspecified atom stereocenters. The molecular formula is C35H32ClN5O2S. The third-order valence-corrected chi connectivity index (χ3v) is 8.82. The molecule has 9 heteroatoms. The number of benzene rings is 3. The van der Waals surface area contributed by atoms with Crippen LogP contribution in [-0.2, 0) is 14.4 Å². The van der Waals surface area contributed by atoms with Crippen molar-refractivity contribution in [1.29, 1.82) is 0 Å². The van der Waals surface area contributed by atoms with Crippen LogP contribution < -0.4 is 4.90 Å². The van der Waals surface area contributed by atoms with Gasteiger partial charge in [-0.15, -0.1) is 11.8 Å². The second kappa shape index (κ2) is 14.7. The molecule has 44 heavy (non-hydrogen) atoms. The maximum Gasteiger partial charge on any atom is 0.277 e. The van der Waals surface area contributed by atoms with Gasteiger partial charge in [0, 0.05) is 18.5 Å². The topological polar surface area (TPSA) is 72.6 Å². The first kappa shape index (κ1) is 30.8. The molecule has 0 spiro atoms. The summed E-state index contributed by atoms with van der Waals surface area (Å²) in [5.74, 6) is -0.0979. The van der Waals surface area contributed by atoms with Gasteiger partial charge in [0.05, 0.1) is 22.8 Å². The number of hydrogen-bond acceptors (Lipinski definition) is 6. The SMILES string of the molecule is C=CCO/N=C(\CSC(c1ccccc1)(c1ccccc1)c1ccccc1)C(=O)N(CC)c1cn(-c2cccnc2)nc1Cl. The van der Waals surface area contributed by atoms with Crippen LogP contribution in [0.2, 0.25) is 5.15 Å². The first-order valence-corrected chi connectivity index (χ1v) is 15.5. The standard InChI is InChI=1S/C35H32ClN5O2S/c1-3-23-43-39-31(34(42)40(4-2)32-25-41(38-33(32)36)30-21-14-22-37-24-30)26-44-35(27-15-8-5-9-16-27,28-17-10-6-11-18-28)29-19-12-7-13-20-29/h3,5-22,24-25H,1,4,23,26H2,2H3/b39-31+. The van der Waals surface area contributed by atoms with Crippen LogP contribution in [0.4, 0.5) is 5.69 Å². The largest absolute Gasteiger partial charge is 0.391 e. The Kier molecular flexibility index (Phi) is 10.3. The van der Waals surface area contributed by atoms with Crippen LogP contribution in [0, 0.1) is 0 Å². The summed E-state index contributed by atoms with van der Waals surface area (Å²) >= 11 is 8.20. The zero-order chi connectivity index (χ0) is 30.8. The molecule has 5 rings (SSSR count). The van der Waals surface area contributed by atoms with Crippen molar-refractivity contribution in [3.63, 3.8) is 0 Å². The summed E-state index contributed by atoms with van der Waals surface area (Å²) in [6.07, 6.45) is 6.67. The third-order valence-electron chi connectivity index (χ3n) is 6.99. The lowest BCUT2D eigenvalue weighted by molar-refractivity contribution is -0.112. The number of aromatic nitrogens is 3. The van der Waals surface area contributed by atoms with Gasteiger partial charge < -0.3 is 9.74 Å². The Labute approximate surface area is 266 Å². The summed E-state index contributed by atoms with van der Waals surface area (Å²) in [6, 6.07) is 34.6. The van der Waals surface area contributed by atoms with Crippen molar-refractivity contribution in [2.24, 2.45) is 5.16 Å². The quantitative estimate of drug-likeness (QED) is 0.0446. The molecule has 0 aliphatic carbocycles. The fourth-order valence-electron chi connectivity index (χ4n) is 4.97. The molecule has 3 aromatic carbocycles. The predicted molar refractivity (Wildman–Crippen MR) is 180 cm³/mol. The average Bonchev–Trinajstić information content (AvgIpc) is 3.47. The van der Waals surface area contributed by atoms with Crippen LogP contribution in [0.25, 0.3) is 5.69 Å². The van der Waals surface area contributed by atoms with E-state index in [1.165, 1.54) is 0 Å². The maximum atomic E-state index is 14.3. The van der Waals surface area contributed by atoms with Gasteiger partial charge in [-0.05, 0) is 35.7 Å². The normalized spacial score (nSPS) is 11.6. The van der Waals surface area contributed by atoms with E-state index in [9.17, 15) is 4.79 Å². The minimum absolute atomic E-state index is 0.161. The minimum Gasteiger partial charge on any atom is -0.391 e. The highest BCUT2D eigenvalue weighted by molar-refractivity contribution is 8.01. The van der Waals surface area contributed by atoms with Crippen molar-refractivity contribution in [1.82, 2.24) is 14.8 Å². The Morgan fingerprint density at radius 2 is 1.57 bits per heavy atom. The Morgan fingerprint density at radius 1 is 0.977 bits per heavy atom. The minimum atomic E-state index is -0.650. The van der Waals surface area contributed by atoms with Gasteiger partial charge in [0.2, 0.25) is 0 Å². The molecule has 2 heterocycles. The number of rotatable bonds is 13. The number of halogens is 1. The highest BCUT2D eigenvalue weighted by Crippen LogP contribution is 2.48. The number of carbonyl (C=O) groups is 1.